The number of benzene rings is 1. The number of anilines is 2. The molecule has 1 aromatic carbocycles. The van der Waals surface area contributed by atoms with Crippen molar-refractivity contribution in [3.8, 4) is 0 Å². The maximum atomic E-state index is 12.7. The number of hydrogen-bond donors (Lipinski definition) is 1. The van der Waals surface area contributed by atoms with Crippen LogP contribution in [0.4, 0.5) is 11.4 Å². The van der Waals surface area contributed by atoms with Crippen LogP contribution in [0, 0.1) is 19.8 Å². The van der Waals surface area contributed by atoms with E-state index in [2.05, 4.69) is 9.88 Å². The highest BCUT2D eigenvalue weighted by Crippen LogP contribution is 2.37. The summed E-state index contributed by atoms with van der Waals surface area (Å²) in [6.45, 7) is 3.90. The second-order valence-corrected chi connectivity index (χ2v) is 8.59. The van der Waals surface area contributed by atoms with Gasteiger partial charge in [-0.3, -0.25) is 9.52 Å². The Morgan fingerprint density at radius 3 is 2.73 bits per heavy atom. The Hall–Kier alpha value is -2.35. The molecule has 2 aromatic rings. The van der Waals surface area contributed by atoms with Crippen LogP contribution in [-0.2, 0) is 21.2 Å². The monoisotopic (exact) mass is 375 g/mol. The van der Waals surface area contributed by atoms with Crippen molar-refractivity contribution in [3.05, 3.63) is 35.2 Å². The molecule has 1 amide bonds. The van der Waals surface area contributed by atoms with Crippen molar-refractivity contribution in [2.75, 3.05) is 16.2 Å². The first-order valence-electron chi connectivity index (χ1n) is 8.77. The molecule has 26 heavy (non-hydrogen) atoms. The number of aromatic nitrogens is 1. The molecule has 2 heterocycles. The number of hydrogen-bond acceptors (Lipinski definition) is 5. The predicted octanol–water partition coefficient (Wildman–Crippen LogP) is 2.78. The van der Waals surface area contributed by atoms with Gasteiger partial charge in [-0.2, -0.15) is 0 Å². The van der Waals surface area contributed by atoms with Crippen LogP contribution >= 0.6 is 0 Å². The predicted molar refractivity (Wildman–Crippen MR) is 96.6 cm³/mol. The lowest BCUT2D eigenvalue weighted by Gasteiger charge is -2.30. The van der Waals surface area contributed by atoms with Crippen LogP contribution in [0.1, 0.15) is 36.3 Å². The van der Waals surface area contributed by atoms with Crippen LogP contribution in [0.2, 0.25) is 0 Å². The van der Waals surface area contributed by atoms with Gasteiger partial charge < -0.3 is 9.42 Å². The molecule has 1 aliphatic heterocycles. The van der Waals surface area contributed by atoms with Crippen LogP contribution in [-0.4, -0.2) is 26.0 Å². The maximum absolute atomic E-state index is 12.7. The van der Waals surface area contributed by atoms with Crippen molar-refractivity contribution in [2.24, 2.45) is 5.92 Å². The first-order chi connectivity index (χ1) is 12.4. The lowest BCUT2D eigenvalue weighted by Crippen LogP contribution is -2.36. The Morgan fingerprint density at radius 2 is 2.08 bits per heavy atom. The molecule has 8 heteroatoms. The molecule has 1 aliphatic carbocycles. The summed E-state index contributed by atoms with van der Waals surface area (Å²) in [4.78, 5) is 14.4. The van der Waals surface area contributed by atoms with E-state index in [1.165, 1.54) is 0 Å². The molecule has 0 spiro atoms. The number of rotatable bonds is 4. The summed E-state index contributed by atoms with van der Waals surface area (Å²) < 4.78 is 32.9. The Kier molecular flexibility index (Phi) is 4.02. The van der Waals surface area contributed by atoms with E-state index >= 15 is 0 Å². The minimum absolute atomic E-state index is 0.0701. The number of nitrogens with one attached hydrogen (secondary N) is 1. The first kappa shape index (κ1) is 17.1. The Balaban J connectivity index is 1.62. The van der Waals surface area contributed by atoms with Gasteiger partial charge in [0.1, 0.15) is 5.69 Å². The third-order valence-corrected chi connectivity index (χ3v) is 6.50. The van der Waals surface area contributed by atoms with E-state index in [0.29, 0.717) is 11.4 Å². The van der Waals surface area contributed by atoms with Crippen molar-refractivity contribution in [1.29, 1.82) is 0 Å². The van der Waals surface area contributed by atoms with E-state index in [4.69, 9.17) is 4.52 Å². The van der Waals surface area contributed by atoms with Crippen LogP contribution in [0.15, 0.2) is 27.6 Å². The first-order valence-corrected chi connectivity index (χ1v) is 10.2. The minimum atomic E-state index is -3.78. The average Bonchev–Trinajstić information content (AvgIpc) is 3.38. The van der Waals surface area contributed by atoms with Crippen LogP contribution in [0.3, 0.4) is 0 Å². The van der Waals surface area contributed by atoms with E-state index in [0.717, 1.165) is 43.5 Å². The second kappa shape index (κ2) is 6.12. The Morgan fingerprint density at radius 1 is 1.31 bits per heavy atom. The lowest BCUT2D eigenvalue weighted by molar-refractivity contribution is -0.119. The number of carbonyl (C=O) groups is 1. The number of nitrogens with zero attached hydrogens (tertiary/aromatic N) is 2. The summed E-state index contributed by atoms with van der Waals surface area (Å²) >= 11 is 0. The standard InChI is InChI=1S/C18H21N3O4S/c1-11-17(12(2)25-19-11)26(23,24)20-15-7-8-16-14(10-15)4-3-9-21(16)18(22)13-5-6-13/h7-8,10,13,20H,3-6,9H2,1-2H3. The molecule has 0 bridgehead atoms. The van der Waals surface area contributed by atoms with E-state index in [9.17, 15) is 13.2 Å². The van der Waals surface area contributed by atoms with Crippen molar-refractivity contribution in [3.63, 3.8) is 0 Å². The Labute approximate surface area is 152 Å². The van der Waals surface area contributed by atoms with Crippen molar-refractivity contribution in [1.82, 2.24) is 5.16 Å². The normalized spacial score (nSPS) is 17.1. The lowest BCUT2D eigenvalue weighted by atomic mass is 10.0. The number of carbonyl (C=O) groups excluding carboxylic acids is 1. The molecule has 2 aliphatic rings. The molecule has 1 fully saturated rings. The summed E-state index contributed by atoms with van der Waals surface area (Å²) in [6.07, 6.45) is 3.65. The smallest absolute Gasteiger partial charge is 0.267 e. The summed E-state index contributed by atoms with van der Waals surface area (Å²) in [7, 11) is -3.78. The molecule has 1 saturated carbocycles. The fourth-order valence-electron chi connectivity index (χ4n) is 3.50. The van der Waals surface area contributed by atoms with E-state index < -0.39 is 10.0 Å². The molecule has 1 N–H and O–H groups in total. The van der Waals surface area contributed by atoms with Crippen LogP contribution in [0.25, 0.3) is 0 Å². The van der Waals surface area contributed by atoms with Gasteiger partial charge in [-0.1, -0.05) is 5.16 Å². The SMILES string of the molecule is Cc1noc(C)c1S(=O)(=O)Nc1ccc2c(c1)CCCN2C(=O)C1CC1. The van der Waals surface area contributed by atoms with Gasteiger partial charge in [0.15, 0.2) is 10.7 Å². The highest BCUT2D eigenvalue weighted by Gasteiger charge is 2.35. The molecule has 4 rings (SSSR count). The van der Waals surface area contributed by atoms with Crippen molar-refractivity contribution >= 4 is 27.3 Å². The molecule has 1 aromatic heterocycles. The topological polar surface area (TPSA) is 92.5 Å². The van der Waals surface area contributed by atoms with Gasteiger partial charge in [0, 0.05) is 23.8 Å². The van der Waals surface area contributed by atoms with E-state index in [1.807, 2.05) is 17.0 Å². The van der Waals surface area contributed by atoms with Gasteiger partial charge in [-0.25, -0.2) is 8.42 Å². The highest BCUT2D eigenvalue weighted by molar-refractivity contribution is 7.92. The van der Waals surface area contributed by atoms with Gasteiger partial charge in [-0.05, 0) is 63.3 Å². The molecule has 138 valence electrons. The van der Waals surface area contributed by atoms with Gasteiger partial charge in [-0.15, -0.1) is 0 Å². The van der Waals surface area contributed by atoms with Crippen molar-refractivity contribution in [2.45, 2.75) is 44.4 Å². The molecule has 0 atom stereocenters. The zero-order valence-electron chi connectivity index (χ0n) is 14.8. The number of sulfonamides is 1. The van der Waals surface area contributed by atoms with E-state index in [1.54, 1.807) is 19.9 Å². The third-order valence-electron chi connectivity index (χ3n) is 4.88. The van der Waals surface area contributed by atoms with Crippen LogP contribution in [0.5, 0.6) is 0 Å². The fourth-order valence-corrected chi connectivity index (χ4v) is 4.89. The summed E-state index contributed by atoms with van der Waals surface area (Å²) in [6, 6.07) is 5.35. The zero-order chi connectivity index (χ0) is 18.5. The quantitative estimate of drug-likeness (QED) is 0.887. The molecular formula is C18H21N3O4S. The molecule has 0 unspecified atom stereocenters. The van der Waals surface area contributed by atoms with Crippen molar-refractivity contribution < 1.29 is 17.7 Å². The van der Waals surface area contributed by atoms with Crippen LogP contribution < -0.4 is 9.62 Å². The molecule has 7 nitrogen and oxygen atoms in total. The molecular weight excluding hydrogens is 354 g/mol. The molecule has 0 saturated heterocycles. The van der Waals surface area contributed by atoms with Gasteiger partial charge >= 0.3 is 0 Å². The fraction of sp³-hybridized carbons (Fsp3) is 0.444. The summed E-state index contributed by atoms with van der Waals surface area (Å²) in [5.41, 5.74) is 2.69. The van der Waals surface area contributed by atoms with E-state index in [-0.39, 0.29) is 22.5 Å². The third kappa shape index (κ3) is 2.98. The second-order valence-electron chi connectivity index (χ2n) is 6.97. The highest BCUT2D eigenvalue weighted by atomic mass is 32.2. The average molecular weight is 375 g/mol. The number of amides is 1. The zero-order valence-corrected chi connectivity index (χ0v) is 15.6. The maximum Gasteiger partial charge on any atom is 0.267 e. The van der Waals surface area contributed by atoms with Gasteiger partial charge in [0.25, 0.3) is 10.0 Å². The number of fused-ring (bicyclic) bond motifs is 1. The molecule has 0 radical (unpaired) electrons. The van der Waals surface area contributed by atoms with Gasteiger partial charge in [0.2, 0.25) is 5.91 Å². The largest absolute Gasteiger partial charge is 0.360 e. The minimum Gasteiger partial charge on any atom is -0.360 e. The Bertz CT molecular complexity index is 957. The number of aryl methyl sites for hydroxylation is 3. The summed E-state index contributed by atoms with van der Waals surface area (Å²) in [5.74, 6) is 0.614. The van der Waals surface area contributed by atoms with Gasteiger partial charge in [0.05, 0.1) is 0 Å². The summed E-state index contributed by atoms with van der Waals surface area (Å²) in [5, 5.41) is 3.71.